The summed E-state index contributed by atoms with van der Waals surface area (Å²) in [7, 11) is 1.83. The van der Waals surface area contributed by atoms with Crippen molar-refractivity contribution in [3.63, 3.8) is 0 Å². The van der Waals surface area contributed by atoms with Gasteiger partial charge in [-0.25, -0.2) is 9.97 Å². The molecule has 0 radical (unpaired) electrons. The maximum absolute atomic E-state index is 8.41. The maximum atomic E-state index is 8.41. The highest BCUT2D eigenvalue weighted by atomic mass is 15.1. The van der Waals surface area contributed by atoms with Crippen molar-refractivity contribution in [3.05, 3.63) is 18.1 Å². The quantitative estimate of drug-likeness (QED) is 0.658. The summed E-state index contributed by atoms with van der Waals surface area (Å²) < 4.78 is 0. The zero-order valence-electron chi connectivity index (χ0n) is 7.44. The largest absolute Gasteiger partial charge is 0.384 e. The average Bonchev–Trinajstić information content (AvgIpc) is 2.04. The van der Waals surface area contributed by atoms with Gasteiger partial charge in [0.1, 0.15) is 11.6 Å². The van der Waals surface area contributed by atoms with E-state index in [1.807, 2.05) is 18.0 Å². The van der Waals surface area contributed by atoms with Crippen molar-refractivity contribution >= 4 is 5.82 Å². The number of aromatic nitrogens is 2. The molecule has 1 aromatic heterocycles. The van der Waals surface area contributed by atoms with Crippen LogP contribution >= 0.6 is 0 Å². The van der Waals surface area contributed by atoms with E-state index >= 15 is 0 Å². The number of anilines is 1. The van der Waals surface area contributed by atoms with Crippen LogP contribution in [-0.4, -0.2) is 28.5 Å². The van der Waals surface area contributed by atoms with Crippen molar-refractivity contribution in [2.45, 2.75) is 6.54 Å². The van der Waals surface area contributed by atoms with Crippen molar-refractivity contribution in [1.29, 1.82) is 5.26 Å². The number of nitrogens with two attached hydrogens (primary N) is 1. The van der Waals surface area contributed by atoms with Gasteiger partial charge in [0.15, 0.2) is 0 Å². The monoisotopic (exact) mass is 177 g/mol. The van der Waals surface area contributed by atoms with Crippen LogP contribution in [0.5, 0.6) is 0 Å². The van der Waals surface area contributed by atoms with Crippen LogP contribution in [0.3, 0.4) is 0 Å². The van der Waals surface area contributed by atoms with E-state index in [-0.39, 0.29) is 0 Å². The Kier molecular flexibility index (Phi) is 3.17. The third-order valence-corrected chi connectivity index (χ3v) is 1.48. The lowest BCUT2D eigenvalue weighted by Gasteiger charge is -2.10. The second-order valence-electron chi connectivity index (χ2n) is 2.73. The van der Waals surface area contributed by atoms with Crippen LogP contribution in [0.2, 0.25) is 0 Å². The molecule has 68 valence electrons. The molecule has 0 fully saturated rings. The highest BCUT2D eigenvalue weighted by molar-refractivity contribution is 5.24. The molecule has 5 heteroatoms. The number of hydrogen-bond donors (Lipinski definition) is 1. The minimum atomic E-state index is 0.359. The van der Waals surface area contributed by atoms with E-state index in [9.17, 15) is 0 Å². The van der Waals surface area contributed by atoms with Crippen molar-refractivity contribution in [2.24, 2.45) is 0 Å². The first-order chi connectivity index (χ1) is 6.22. The molecule has 0 bridgehead atoms. The van der Waals surface area contributed by atoms with Gasteiger partial charge < -0.3 is 5.73 Å². The topological polar surface area (TPSA) is 78.8 Å². The minimum absolute atomic E-state index is 0.359. The van der Waals surface area contributed by atoms with Crippen LogP contribution in [-0.2, 0) is 6.54 Å². The van der Waals surface area contributed by atoms with Crippen molar-refractivity contribution in [1.82, 2.24) is 14.9 Å². The summed E-state index contributed by atoms with van der Waals surface area (Å²) in [5, 5.41) is 8.41. The summed E-state index contributed by atoms with van der Waals surface area (Å²) in [6, 6.07) is 3.67. The third kappa shape index (κ3) is 3.05. The molecule has 0 spiro atoms. The van der Waals surface area contributed by atoms with Crippen LogP contribution in [0.4, 0.5) is 5.82 Å². The van der Waals surface area contributed by atoms with Crippen molar-refractivity contribution in [3.8, 4) is 6.07 Å². The van der Waals surface area contributed by atoms with Crippen LogP contribution < -0.4 is 5.73 Å². The second-order valence-corrected chi connectivity index (χ2v) is 2.73. The highest BCUT2D eigenvalue weighted by Gasteiger charge is 2.01. The van der Waals surface area contributed by atoms with E-state index in [1.165, 1.54) is 0 Å². The van der Waals surface area contributed by atoms with Gasteiger partial charge in [0.25, 0.3) is 0 Å². The van der Waals surface area contributed by atoms with Gasteiger partial charge >= 0.3 is 0 Å². The van der Waals surface area contributed by atoms with E-state index < -0.39 is 0 Å². The lowest BCUT2D eigenvalue weighted by molar-refractivity contribution is 0.357. The van der Waals surface area contributed by atoms with Gasteiger partial charge in [0.05, 0.1) is 19.2 Å². The van der Waals surface area contributed by atoms with Crippen molar-refractivity contribution in [2.75, 3.05) is 19.3 Å². The molecule has 13 heavy (non-hydrogen) atoms. The molecule has 1 rings (SSSR count). The molecule has 0 aromatic carbocycles. The van der Waals surface area contributed by atoms with Gasteiger partial charge in [-0.05, 0) is 13.1 Å². The molecule has 5 nitrogen and oxygen atoms in total. The Morgan fingerprint density at radius 3 is 3.08 bits per heavy atom. The van der Waals surface area contributed by atoms with E-state index in [4.69, 9.17) is 11.0 Å². The predicted octanol–water partition coefficient (Wildman–Crippen LogP) is 0.0142. The lowest BCUT2D eigenvalue weighted by Crippen LogP contribution is -2.19. The molecule has 0 aliphatic carbocycles. The molecule has 0 saturated heterocycles. The first kappa shape index (κ1) is 9.42. The number of nitriles is 1. The van der Waals surface area contributed by atoms with Gasteiger partial charge in [-0.2, -0.15) is 5.26 Å². The van der Waals surface area contributed by atoms with Crippen LogP contribution in [0, 0.1) is 11.3 Å². The predicted molar refractivity (Wildman–Crippen MR) is 48.4 cm³/mol. The number of hydrogen-bond acceptors (Lipinski definition) is 5. The zero-order valence-corrected chi connectivity index (χ0v) is 7.44. The fourth-order valence-corrected chi connectivity index (χ4v) is 0.909. The third-order valence-electron chi connectivity index (χ3n) is 1.48. The Bertz CT molecular complexity index is 317. The lowest BCUT2D eigenvalue weighted by atomic mass is 10.4. The minimum Gasteiger partial charge on any atom is -0.384 e. The Balaban J connectivity index is 2.59. The highest BCUT2D eigenvalue weighted by Crippen LogP contribution is 1.98. The number of nitrogen functional groups attached to an aromatic ring is 1. The average molecular weight is 177 g/mol. The number of nitrogens with zero attached hydrogens (tertiary/aromatic N) is 4. The van der Waals surface area contributed by atoms with Crippen LogP contribution in [0.1, 0.15) is 5.82 Å². The summed E-state index contributed by atoms with van der Waals surface area (Å²) in [5.74, 6) is 1.09. The van der Waals surface area contributed by atoms with Gasteiger partial charge in [0.2, 0.25) is 0 Å². The molecular formula is C8H11N5. The summed E-state index contributed by atoms with van der Waals surface area (Å²) in [6.07, 6.45) is 1.61. The number of rotatable bonds is 3. The van der Waals surface area contributed by atoms with Gasteiger partial charge in [0, 0.05) is 6.20 Å². The van der Waals surface area contributed by atoms with E-state index in [1.54, 1.807) is 12.3 Å². The second kappa shape index (κ2) is 4.38. The van der Waals surface area contributed by atoms with Gasteiger partial charge in [-0.15, -0.1) is 0 Å². The first-order valence-corrected chi connectivity index (χ1v) is 3.85. The first-order valence-electron chi connectivity index (χ1n) is 3.85. The smallest absolute Gasteiger partial charge is 0.144 e. The zero-order chi connectivity index (χ0) is 9.68. The Hall–Kier alpha value is -1.67. The SMILES string of the molecule is CN(CC#N)Cc1nccc(N)n1. The van der Waals surface area contributed by atoms with Crippen molar-refractivity contribution < 1.29 is 0 Å². The molecule has 0 aliphatic heterocycles. The van der Waals surface area contributed by atoms with E-state index in [0.717, 1.165) is 0 Å². The Morgan fingerprint density at radius 1 is 1.69 bits per heavy atom. The molecule has 0 saturated carbocycles. The molecule has 0 amide bonds. The van der Waals surface area contributed by atoms with Gasteiger partial charge in [-0.1, -0.05) is 0 Å². The van der Waals surface area contributed by atoms with Crippen LogP contribution in [0.25, 0.3) is 0 Å². The van der Waals surface area contributed by atoms with E-state index in [0.29, 0.717) is 24.7 Å². The maximum Gasteiger partial charge on any atom is 0.144 e. The summed E-state index contributed by atoms with van der Waals surface area (Å²) in [6.45, 7) is 0.900. The van der Waals surface area contributed by atoms with Gasteiger partial charge in [-0.3, -0.25) is 4.90 Å². The molecule has 1 aromatic rings. The molecule has 1 heterocycles. The fourth-order valence-electron chi connectivity index (χ4n) is 0.909. The summed E-state index contributed by atoms with van der Waals surface area (Å²) >= 11 is 0. The molecular weight excluding hydrogens is 166 g/mol. The Labute approximate surface area is 76.8 Å². The van der Waals surface area contributed by atoms with E-state index in [2.05, 4.69) is 9.97 Å². The molecule has 0 unspecified atom stereocenters. The summed E-state index contributed by atoms with van der Waals surface area (Å²) in [4.78, 5) is 9.84. The standard InChI is InChI=1S/C8H11N5/c1-13(5-3-9)6-8-11-4-2-7(10)12-8/h2,4H,5-6H2,1H3,(H2,10,11,12). The molecule has 0 aliphatic rings. The fraction of sp³-hybridized carbons (Fsp3) is 0.375. The molecule has 0 atom stereocenters. The molecule has 2 N–H and O–H groups in total. The van der Waals surface area contributed by atoms with Crippen LogP contribution in [0.15, 0.2) is 12.3 Å². The normalized spacial score (nSPS) is 9.92. The Morgan fingerprint density at radius 2 is 2.46 bits per heavy atom. The summed E-state index contributed by atoms with van der Waals surface area (Å²) in [5.41, 5.74) is 5.47.